The highest BCUT2D eigenvalue weighted by molar-refractivity contribution is 7.22. The van der Waals surface area contributed by atoms with E-state index in [4.69, 9.17) is 19.2 Å². The highest BCUT2D eigenvalue weighted by Crippen LogP contribution is 2.46. The molecule has 4 aromatic rings. The van der Waals surface area contributed by atoms with Crippen LogP contribution in [0.5, 0.6) is 17.2 Å². The highest BCUT2D eigenvalue weighted by atomic mass is 32.1. The van der Waals surface area contributed by atoms with Crippen LogP contribution in [0.15, 0.2) is 60.2 Å². The number of nitrogens with zero attached hydrogens (tertiary/aromatic N) is 2. The summed E-state index contributed by atoms with van der Waals surface area (Å²) in [6.07, 6.45) is 0. The Labute approximate surface area is 230 Å². The molecule has 2 heterocycles. The van der Waals surface area contributed by atoms with E-state index in [-0.39, 0.29) is 11.3 Å². The number of amides is 1. The summed E-state index contributed by atoms with van der Waals surface area (Å²) in [4.78, 5) is 33.3. The first-order valence-corrected chi connectivity index (χ1v) is 13.2. The minimum Gasteiger partial charge on any atom is -0.507 e. The van der Waals surface area contributed by atoms with Crippen LogP contribution in [0.2, 0.25) is 0 Å². The van der Waals surface area contributed by atoms with E-state index in [0.29, 0.717) is 40.1 Å². The quantitative estimate of drug-likeness (QED) is 0.174. The predicted octanol–water partition coefficient (Wildman–Crippen LogP) is 5.96. The number of benzene rings is 3. The molecule has 0 bridgehead atoms. The SMILES string of the molecule is CCOc1ccc(C2C(=C(O)c3cccc(OC)c3)C(=O)C(=O)N2c2nc3c(C)cc(C)cc3s2)cc1OC. The Morgan fingerprint density at radius 3 is 2.54 bits per heavy atom. The van der Waals surface area contributed by atoms with Gasteiger partial charge in [-0.15, -0.1) is 0 Å². The van der Waals surface area contributed by atoms with Gasteiger partial charge in [-0.2, -0.15) is 0 Å². The number of carbonyl (C=O) groups is 2. The Kier molecular flexibility index (Phi) is 7.01. The molecule has 1 amide bonds. The molecule has 0 saturated carbocycles. The lowest BCUT2D eigenvalue weighted by Gasteiger charge is -2.24. The van der Waals surface area contributed by atoms with Crippen LogP contribution < -0.4 is 19.1 Å². The number of thiazole rings is 1. The molecule has 1 aliphatic rings. The van der Waals surface area contributed by atoms with Crippen LogP contribution in [0.25, 0.3) is 16.0 Å². The van der Waals surface area contributed by atoms with Crippen molar-refractivity contribution in [2.75, 3.05) is 25.7 Å². The van der Waals surface area contributed by atoms with Crippen LogP contribution in [0.1, 0.15) is 35.2 Å². The van der Waals surface area contributed by atoms with E-state index in [2.05, 4.69) is 0 Å². The largest absolute Gasteiger partial charge is 0.507 e. The lowest BCUT2D eigenvalue weighted by Crippen LogP contribution is -2.29. The Bertz CT molecular complexity index is 1640. The number of hydrogen-bond donors (Lipinski definition) is 1. The second-order valence-electron chi connectivity index (χ2n) is 9.17. The van der Waals surface area contributed by atoms with Crippen molar-refractivity contribution in [1.82, 2.24) is 4.98 Å². The molecule has 1 atom stereocenters. The average molecular weight is 545 g/mol. The zero-order valence-electron chi connectivity index (χ0n) is 22.3. The van der Waals surface area contributed by atoms with E-state index in [1.165, 1.54) is 30.5 Å². The third-order valence-electron chi connectivity index (χ3n) is 6.62. The predicted molar refractivity (Wildman–Crippen MR) is 151 cm³/mol. The van der Waals surface area contributed by atoms with E-state index in [0.717, 1.165) is 21.3 Å². The van der Waals surface area contributed by atoms with Gasteiger partial charge in [-0.1, -0.05) is 35.6 Å². The van der Waals surface area contributed by atoms with Crippen LogP contribution in [0.3, 0.4) is 0 Å². The van der Waals surface area contributed by atoms with Gasteiger partial charge in [-0.3, -0.25) is 14.5 Å². The molecule has 0 aliphatic carbocycles. The van der Waals surface area contributed by atoms with E-state index >= 15 is 0 Å². The number of Topliss-reactive ketones (excluding diaryl/α,β-unsaturated/α-hetero) is 1. The molecule has 5 rings (SSSR count). The van der Waals surface area contributed by atoms with Gasteiger partial charge >= 0.3 is 5.91 Å². The third-order valence-corrected chi connectivity index (χ3v) is 7.62. The van der Waals surface area contributed by atoms with Crippen LogP contribution >= 0.6 is 11.3 Å². The number of aliphatic hydroxyl groups is 1. The summed E-state index contributed by atoms with van der Waals surface area (Å²) in [7, 11) is 3.04. The molecule has 39 heavy (non-hydrogen) atoms. The fourth-order valence-corrected chi connectivity index (χ4v) is 6.03. The normalized spacial score (nSPS) is 16.6. The first-order chi connectivity index (χ1) is 18.8. The van der Waals surface area contributed by atoms with Gasteiger partial charge < -0.3 is 19.3 Å². The summed E-state index contributed by atoms with van der Waals surface area (Å²) in [5, 5.41) is 11.8. The number of carbonyl (C=O) groups excluding carboxylic acids is 2. The summed E-state index contributed by atoms with van der Waals surface area (Å²) in [5.41, 5.74) is 3.67. The van der Waals surface area contributed by atoms with Gasteiger partial charge in [0.15, 0.2) is 16.6 Å². The van der Waals surface area contributed by atoms with E-state index in [1.54, 1.807) is 42.5 Å². The third kappa shape index (κ3) is 4.59. The molecule has 1 N–H and O–H groups in total. The molecule has 8 nitrogen and oxygen atoms in total. The molecule has 0 radical (unpaired) electrons. The van der Waals surface area contributed by atoms with Crippen LogP contribution in [-0.4, -0.2) is 42.6 Å². The van der Waals surface area contributed by atoms with Gasteiger partial charge in [0, 0.05) is 5.56 Å². The van der Waals surface area contributed by atoms with Crippen molar-refractivity contribution in [2.24, 2.45) is 0 Å². The highest BCUT2D eigenvalue weighted by Gasteiger charge is 2.48. The molecular formula is C30H28N2O6S. The molecular weight excluding hydrogens is 516 g/mol. The number of fused-ring (bicyclic) bond motifs is 1. The number of rotatable bonds is 7. The molecule has 1 aliphatic heterocycles. The Hall–Kier alpha value is -4.37. The van der Waals surface area contributed by atoms with E-state index < -0.39 is 17.7 Å². The lowest BCUT2D eigenvalue weighted by atomic mass is 9.95. The van der Waals surface area contributed by atoms with Crippen LogP contribution in [-0.2, 0) is 9.59 Å². The molecule has 1 saturated heterocycles. The number of aliphatic hydroxyl groups excluding tert-OH is 1. The van der Waals surface area contributed by atoms with Crippen molar-refractivity contribution in [2.45, 2.75) is 26.8 Å². The first-order valence-electron chi connectivity index (χ1n) is 12.4. The van der Waals surface area contributed by atoms with Gasteiger partial charge in [0.1, 0.15) is 11.5 Å². The fourth-order valence-electron chi connectivity index (χ4n) is 4.86. The standard InChI is InChI=1S/C30H28N2O6S/c1-6-38-21-11-10-18(15-22(21)37-5)26-24(27(33)19-8-7-9-20(14-19)36-4)28(34)29(35)32(26)30-31-25-17(3)12-16(2)13-23(25)39-30/h7-15,26,33H,6H2,1-5H3. The van der Waals surface area contributed by atoms with Gasteiger partial charge in [0.05, 0.1) is 42.7 Å². The molecule has 1 unspecified atom stereocenters. The lowest BCUT2D eigenvalue weighted by molar-refractivity contribution is -0.132. The van der Waals surface area contributed by atoms with Crippen molar-refractivity contribution < 1.29 is 28.9 Å². The minimum atomic E-state index is -0.956. The molecule has 200 valence electrons. The summed E-state index contributed by atoms with van der Waals surface area (Å²) >= 11 is 1.33. The van der Waals surface area contributed by atoms with Crippen molar-refractivity contribution in [3.05, 3.63) is 82.4 Å². The zero-order valence-corrected chi connectivity index (χ0v) is 23.1. The number of anilines is 1. The number of methoxy groups -OCH3 is 2. The number of aryl methyl sites for hydroxylation is 2. The maximum absolute atomic E-state index is 13.6. The molecule has 3 aromatic carbocycles. The molecule has 9 heteroatoms. The average Bonchev–Trinajstić information content (AvgIpc) is 3.47. The maximum Gasteiger partial charge on any atom is 0.301 e. The van der Waals surface area contributed by atoms with Gasteiger partial charge in [0.2, 0.25) is 0 Å². The summed E-state index contributed by atoms with van der Waals surface area (Å²) in [5.74, 6) is -0.409. The maximum atomic E-state index is 13.6. The molecule has 1 fully saturated rings. The Morgan fingerprint density at radius 1 is 1.03 bits per heavy atom. The van der Waals surface area contributed by atoms with Crippen molar-refractivity contribution in [1.29, 1.82) is 0 Å². The zero-order chi connectivity index (χ0) is 27.8. The Morgan fingerprint density at radius 2 is 1.82 bits per heavy atom. The smallest absolute Gasteiger partial charge is 0.301 e. The number of aromatic nitrogens is 1. The molecule has 1 aromatic heterocycles. The van der Waals surface area contributed by atoms with E-state index in [9.17, 15) is 14.7 Å². The van der Waals surface area contributed by atoms with E-state index in [1.807, 2.05) is 32.9 Å². The van der Waals surface area contributed by atoms with Crippen molar-refractivity contribution in [3.63, 3.8) is 0 Å². The van der Waals surface area contributed by atoms with Crippen molar-refractivity contribution in [3.8, 4) is 17.2 Å². The second-order valence-corrected chi connectivity index (χ2v) is 10.2. The minimum absolute atomic E-state index is 0.0494. The van der Waals surface area contributed by atoms with Gasteiger partial charge in [0.25, 0.3) is 5.78 Å². The fraction of sp³-hybridized carbons (Fsp3) is 0.233. The molecule has 0 spiro atoms. The van der Waals surface area contributed by atoms with Gasteiger partial charge in [-0.25, -0.2) is 4.98 Å². The van der Waals surface area contributed by atoms with Crippen LogP contribution in [0.4, 0.5) is 5.13 Å². The topological polar surface area (TPSA) is 98.2 Å². The first kappa shape index (κ1) is 26.2. The number of ketones is 1. The van der Waals surface area contributed by atoms with Gasteiger partial charge in [-0.05, 0) is 67.8 Å². The summed E-state index contributed by atoms with van der Waals surface area (Å²) in [6, 6.07) is 15.0. The summed E-state index contributed by atoms with van der Waals surface area (Å²) in [6.45, 7) is 6.27. The monoisotopic (exact) mass is 544 g/mol. The number of hydrogen-bond acceptors (Lipinski definition) is 8. The summed E-state index contributed by atoms with van der Waals surface area (Å²) < 4.78 is 17.4. The Balaban J connectivity index is 1.75. The second kappa shape index (κ2) is 10.4. The van der Waals surface area contributed by atoms with Crippen LogP contribution in [0, 0.1) is 13.8 Å². The van der Waals surface area contributed by atoms with Crippen molar-refractivity contribution >= 4 is 44.1 Å². The number of ether oxygens (including phenoxy) is 3.